The van der Waals surface area contributed by atoms with Gasteiger partial charge in [-0.15, -0.1) is 24.8 Å². The second-order valence-electron chi connectivity index (χ2n) is 7.22. The molecule has 0 aromatic carbocycles. The number of ether oxygens (including phenoxy) is 1. The Labute approximate surface area is 173 Å². The Balaban J connectivity index is 0.00000182. The monoisotopic (exact) mass is 422 g/mol. The fourth-order valence-corrected chi connectivity index (χ4v) is 3.53. The number of amides is 1. The zero-order chi connectivity index (χ0) is 17.8. The molecule has 7 nitrogen and oxygen atoms in total. The van der Waals surface area contributed by atoms with Crippen molar-refractivity contribution in [2.75, 3.05) is 32.8 Å². The van der Waals surface area contributed by atoms with E-state index in [9.17, 15) is 4.79 Å². The molecule has 0 spiro atoms. The van der Waals surface area contributed by atoms with Crippen LogP contribution in [0.25, 0.3) is 0 Å². The van der Waals surface area contributed by atoms with Crippen molar-refractivity contribution >= 4 is 30.7 Å². The summed E-state index contributed by atoms with van der Waals surface area (Å²) in [5.41, 5.74) is 0.974. The van der Waals surface area contributed by atoms with E-state index in [1.54, 1.807) is 0 Å². The van der Waals surface area contributed by atoms with Gasteiger partial charge in [-0.3, -0.25) is 9.69 Å². The second-order valence-corrected chi connectivity index (χ2v) is 7.22. The topological polar surface area (TPSA) is 79.6 Å². The molecule has 2 saturated heterocycles. The van der Waals surface area contributed by atoms with Gasteiger partial charge in [-0.05, 0) is 52.6 Å². The molecule has 3 rings (SSSR count). The molecule has 0 aliphatic carbocycles. The van der Waals surface area contributed by atoms with Crippen LogP contribution in [-0.4, -0.2) is 60.7 Å². The summed E-state index contributed by atoms with van der Waals surface area (Å²) in [6, 6.07) is -0.231. The van der Waals surface area contributed by atoms with Gasteiger partial charge in [0.1, 0.15) is 11.8 Å². The first-order chi connectivity index (χ1) is 12.0. The van der Waals surface area contributed by atoms with Crippen molar-refractivity contribution in [2.45, 2.75) is 52.3 Å². The summed E-state index contributed by atoms with van der Waals surface area (Å²) < 4.78 is 11.2. The number of carbonyl (C=O) groups is 1. The number of oxazole rings is 1. The minimum absolute atomic E-state index is 0. The smallest absolute Gasteiger partial charge is 0.239 e. The zero-order valence-corrected chi connectivity index (χ0v) is 18.0. The highest BCUT2D eigenvalue weighted by Gasteiger charge is 2.29. The summed E-state index contributed by atoms with van der Waals surface area (Å²) in [6.45, 7) is 10.8. The number of piperidine rings is 1. The Kier molecular flexibility index (Phi) is 10.0. The third kappa shape index (κ3) is 6.61. The van der Waals surface area contributed by atoms with E-state index in [0.717, 1.165) is 62.9 Å². The highest BCUT2D eigenvalue weighted by Crippen LogP contribution is 2.19. The highest BCUT2D eigenvalue weighted by atomic mass is 35.5. The molecule has 2 aliphatic heterocycles. The minimum Gasteiger partial charge on any atom is -0.444 e. The number of carbonyl (C=O) groups excluding carboxylic acids is 1. The largest absolute Gasteiger partial charge is 0.444 e. The van der Waals surface area contributed by atoms with E-state index < -0.39 is 0 Å². The van der Waals surface area contributed by atoms with Crippen LogP contribution in [0.2, 0.25) is 0 Å². The lowest BCUT2D eigenvalue weighted by molar-refractivity contribution is -0.129. The van der Waals surface area contributed by atoms with Gasteiger partial charge in [-0.1, -0.05) is 0 Å². The first-order valence-corrected chi connectivity index (χ1v) is 9.31. The molecule has 0 unspecified atom stereocenters. The third-order valence-electron chi connectivity index (χ3n) is 5.30. The maximum Gasteiger partial charge on any atom is 0.239 e. The molecule has 2 fully saturated rings. The van der Waals surface area contributed by atoms with Crippen LogP contribution in [-0.2, 0) is 16.1 Å². The number of hydrogen-bond donors (Lipinski definition) is 2. The van der Waals surface area contributed by atoms with Gasteiger partial charge in [0.05, 0.1) is 24.9 Å². The van der Waals surface area contributed by atoms with Crippen molar-refractivity contribution in [2.24, 2.45) is 5.92 Å². The average Bonchev–Trinajstić information content (AvgIpc) is 2.92. The summed E-state index contributed by atoms with van der Waals surface area (Å²) in [5, 5.41) is 6.33. The van der Waals surface area contributed by atoms with Crippen LogP contribution < -0.4 is 10.6 Å². The standard InChI is InChI=1S/C18H30N4O3.2ClH/c1-12-13(2)25-16(21-12)11-22-7-4-15(5-8-22)10-20-18(23)17-14(3)24-9-6-19-17;;/h14-15,17,19H,4-11H2,1-3H3,(H,20,23);2*1H/t14-,17+;;/m1../s1. The molecule has 1 amide bonds. The van der Waals surface area contributed by atoms with Gasteiger partial charge in [0.2, 0.25) is 11.8 Å². The molecule has 156 valence electrons. The quantitative estimate of drug-likeness (QED) is 0.753. The molecular formula is C18H32Cl2N4O3. The van der Waals surface area contributed by atoms with Gasteiger partial charge in [-0.25, -0.2) is 4.98 Å². The van der Waals surface area contributed by atoms with Crippen molar-refractivity contribution in [3.8, 4) is 0 Å². The Morgan fingerprint density at radius 3 is 2.59 bits per heavy atom. The Bertz CT molecular complexity index is 572. The van der Waals surface area contributed by atoms with Gasteiger partial charge in [0, 0.05) is 13.1 Å². The van der Waals surface area contributed by atoms with Crippen LogP contribution in [0.1, 0.15) is 37.1 Å². The second kappa shape index (κ2) is 11.2. The Morgan fingerprint density at radius 1 is 1.30 bits per heavy atom. The van der Waals surface area contributed by atoms with E-state index in [4.69, 9.17) is 9.15 Å². The average molecular weight is 423 g/mol. The fourth-order valence-electron chi connectivity index (χ4n) is 3.53. The maximum atomic E-state index is 12.3. The van der Waals surface area contributed by atoms with E-state index in [2.05, 4.69) is 20.5 Å². The molecule has 9 heteroatoms. The molecule has 27 heavy (non-hydrogen) atoms. The van der Waals surface area contributed by atoms with Gasteiger partial charge in [0.15, 0.2) is 0 Å². The van der Waals surface area contributed by atoms with E-state index in [0.29, 0.717) is 12.5 Å². The SMILES string of the molecule is Cc1nc(CN2CCC(CNC(=O)[C@H]3NCCO[C@@H]3C)CC2)oc1C.Cl.Cl. The molecule has 0 bridgehead atoms. The number of nitrogens with one attached hydrogen (secondary N) is 2. The maximum absolute atomic E-state index is 12.3. The molecule has 0 radical (unpaired) electrons. The molecule has 2 aliphatic rings. The number of halogens is 2. The lowest BCUT2D eigenvalue weighted by Crippen LogP contribution is -2.56. The normalized spacial score (nSPS) is 24.0. The van der Waals surface area contributed by atoms with Crippen LogP contribution in [0.3, 0.4) is 0 Å². The van der Waals surface area contributed by atoms with Gasteiger partial charge < -0.3 is 19.8 Å². The highest BCUT2D eigenvalue weighted by molar-refractivity contribution is 5.85. The fraction of sp³-hybridized carbons (Fsp3) is 0.778. The molecule has 1 aromatic heterocycles. The molecule has 2 N–H and O–H groups in total. The molecular weight excluding hydrogens is 391 g/mol. The number of aromatic nitrogens is 1. The van der Waals surface area contributed by atoms with Crippen molar-refractivity contribution < 1.29 is 13.9 Å². The van der Waals surface area contributed by atoms with E-state index in [1.807, 2.05) is 20.8 Å². The summed E-state index contributed by atoms with van der Waals surface area (Å²) in [5.74, 6) is 2.30. The Morgan fingerprint density at radius 2 is 2.00 bits per heavy atom. The minimum atomic E-state index is -0.231. The van der Waals surface area contributed by atoms with Crippen LogP contribution in [0, 0.1) is 19.8 Å². The van der Waals surface area contributed by atoms with Gasteiger partial charge in [-0.2, -0.15) is 0 Å². The van der Waals surface area contributed by atoms with Crippen molar-refractivity contribution in [1.29, 1.82) is 0 Å². The summed E-state index contributed by atoms with van der Waals surface area (Å²) >= 11 is 0. The predicted molar refractivity (Wildman–Crippen MR) is 109 cm³/mol. The van der Waals surface area contributed by atoms with E-state index >= 15 is 0 Å². The summed E-state index contributed by atoms with van der Waals surface area (Å²) in [6.07, 6.45) is 2.11. The van der Waals surface area contributed by atoms with Crippen molar-refractivity contribution in [3.63, 3.8) is 0 Å². The van der Waals surface area contributed by atoms with Crippen LogP contribution in [0.5, 0.6) is 0 Å². The third-order valence-corrected chi connectivity index (χ3v) is 5.30. The number of likely N-dealkylation sites (tertiary alicyclic amines) is 1. The van der Waals surface area contributed by atoms with Crippen molar-refractivity contribution in [1.82, 2.24) is 20.5 Å². The predicted octanol–water partition coefficient (Wildman–Crippen LogP) is 1.84. The van der Waals surface area contributed by atoms with Crippen LogP contribution in [0.4, 0.5) is 0 Å². The lowest BCUT2D eigenvalue weighted by atomic mass is 9.96. The van der Waals surface area contributed by atoms with Crippen LogP contribution >= 0.6 is 24.8 Å². The lowest BCUT2D eigenvalue weighted by Gasteiger charge is -2.32. The van der Waals surface area contributed by atoms with E-state index in [-0.39, 0.29) is 42.9 Å². The molecule has 0 saturated carbocycles. The number of hydrogen-bond acceptors (Lipinski definition) is 6. The number of aryl methyl sites for hydroxylation is 2. The first kappa shape index (κ1) is 24.2. The van der Waals surface area contributed by atoms with Gasteiger partial charge in [0.25, 0.3) is 0 Å². The molecule has 1 aromatic rings. The molecule has 3 heterocycles. The first-order valence-electron chi connectivity index (χ1n) is 9.31. The summed E-state index contributed by atoms with van der Waals surface area (Å²) in [7, 11) is 0. The summed E-state index contributed by atoms with van der Waals surface area (Å²) in [4.78, 5) is 19.1. The Hall–Kier alpha value is -0.860. The number of morpholine rings is 1. The zero-order valence-electron chi connectivity index (χ0n) is 16.3. The van der Waals surface area contributed by atoms with Gasteiger partial charge >= 0.3 is 0 Å². The van der Waals surface area contributed by atoms with Crippen LogP contribution in [0.15, 0.2) is 4.42 Å². The van der Waals surface area contributed by atoms with Crippen molar-refractivity contribution in [3.05, 3.63) is 17.3 Å². The molecule has 2 atom stereocenters. The number of nitrogens with zero attached hydrogens (tertiary/aromatic N) is 2. The van der Waals surface area contributed by atoms with E-state index in [1.165, 1.54) is 0 Å². The number of rotatable bonds is 5.